The molecule has 1 aliphatic heterocycles. The number of alkyl halides is 3. The van der Waals surface area contributed by atoms with Crippen LogP contribution in [0.4, 0.5) is 13.2 Å². The van der Waals surface area contributed by atoms with Gasteiger partial charge in [-0.15, -0.1) is 22.6 Å². The van der Waals surface area contributed by atoms with Crippen molar-refractivity contribution in [3.8, 4) is 0 Å². The number of thioether (sulfide) groups is 1. The van der Waals surface area contributed by atoms with Crippen molar-refractivity contribution in [1.82, 2.24) is 25.0 Å². The molecule has 1 aromatic carbocycles. The van der Waals surface area contributed by atoms with Crippen LogP contribution >= 0.6 is 24.2 Å². The van der Waals surface area contributed by atoms with Gasteiger partial charge in [0.05, 0.1) is 5.56 Å². The lowest BCUT2D eigenvalue weighted by molar-refractivity contribution is -0.137. The van der Waals surface area contributed by atoms with Gasteiger partial charge < -0.3 is 14.8 Å². The van der Waals surface area contributed by atoms with E-state index in [9.17, 15) is 18.0 Å². The first kappa shape index (κ1) is 29.2. The molecule has 1 spiro atoms. The lowest BCUT2D eigenvalue weighted by Crippen LogP contribution is -2.36. The van der Waals surface area contributed by atoms with Crippen molar-refractivity contribution in [2.24, 2.45) is 12.5 Å². The van der Waals surface area contributed by atoms with Gasteiger partial charge in [-0.1, -0.05) is 23.9 Å². The molecule has 3 aliphatic rings. The summed E-state index contributed by atoms with van der Waals surface area (Å²) < 4.78 is 40.7. The molecule has 0 bridgehead atoms. The van der Waals surface area contributed by atoms with E-state index in [0.29, 0.717) is 11.8 Å². The van der Waals surface area contributed by atoms with E-state index >= 15 is 0 Å². The number of hydrogen-bond donors (Lipinski definition) is 1. The van der Waals surface area contributed by atoms with Gasteiger partial charge in [-0.2, -0.15) is 13.2 Å². The number of carbonyl (C=O) groups excluding carboxylic acids is 1. The maximum atomic E-state index is 12.9. The Bertz CT molecular complexity index is 1100. The Morgan fingerprint density at radius 1 is 1.16 bits per heavy atom. The molecule has 1 saturated heterocycles. The van der Waals surface area contributed by atoms with E-state index in [1.54, 1.807) is 30.8 Å². The minimum Gasteiger partial charge on any atom is -0.354 e. The first-order valence-corrected chi connectivity index (χ1v) is 14.3. The third-order valence-corrected chi connectivity index (χ3v) is 9.62. The number of likely N-dealkylation sites (tertiary alicyclic amines) is 1. The zero-order valence-corrected chi connectivity index (χ0v) is 23.6. The summed E-state index contributed by atoms with van der Waals surface area (Å²) in [6.07, 6.45) is 3.00. The van der Waals surface area contributed by atoms with Gasteiger partial charge in [0.25, 0.3) is 0 Å². The first-order valence-electron chi connectivity index (χ1n) is 13.3. The Morgan fingerprint density at radius 3 is 2.53 bits per heavy atom. The van der Waals surface area contributed by atoms with E-state index in [0.717, 1.165) is 86.9 Å². The van der Waals surface area contributed by atoms with Crippen molar-refractivity contribution in [3.63, 3.8) is 0 Å². The number of hydrogen-bond acceptors (Lipinski definition) is 5. The Morgan fingerprint density at radius 2 is 1.87 bits per heavy atom. The Kier molecular flexibility index (Phi) is 9.04. The number of carbonyl (C=O) groups is 1. The highest BCUT2D eigenvalue weighted by atomic mass is 35.5. The van der Waals surface area contributed by atoms with Crippen LogP contribution in [-0.4, -0.2) is 57.0 Å². The fraction of sp³-hybridized carbons (Fsp3) is 0.667. The molecule has 2 atom stereocenters. The summed E-state index contributed by atoms with van der Waals surface area (Å²) in [7, 11) is 2.05. The first-order chi connectivity index (χ1) is 17.6. The van der Waals surface area contributed by atoms with E-state index in [-0.39, 0.29) is 29.8 Å². The molecule has 1 N–H and O–H groups in total. The summed E-state index contributed by atoms with van der Waals surface area (Å²) in [6, 6.07) is 6.07. The van der Waals surface area contributed by atoms with Gasteiger partial charge >= 0.3 is 6.18 Å². The summed E-state index contributed by atoms with van der Waals surface area (Å²) >= 11 is 1.75. The minimum atomic E-state index is -4.28. The molecule has 2 heterocycles. The van der Waals surface area contributed by atoms with Crippen molar-refractivity contribution in [2.45, 2.75) is 81.1 Å². The molecule has 11 heteroatoms. The number of amides is 1. The van der Waals surface area contributed by atoms with E-state index in [4.69, 9.17) is 0 Å². The van der Waals surface area contributed by atoms with Crippen LogP contribution in [0, 0.1) is 5.41 Å². The molecule has 1 amide bonds. The second-order valence-electron chi connectivity index (χ2n) is 11.1. The lowest BCUT2D eigenvalue weighted by atomic mass is 9.85. The summed E-state index contributed by atoms with van der Waals surface area (Å²) in [6.45, 7) is 4.72. The lowest BCUT2D eigenvalue weighted by Gasteiger charge is -2.28. The zero-order chi connectivity index (χ0) is 26.2. The third kappa shape index (κ3) is 6.50. The molecular weight excluding hydrogens is 535 g/mol. The van der Waals surface area contributed by atoms with Gasteiger partial charge in [-0.25, -0.2) is 0 Å². The average molecular weight is 572 g/mol. The molecule has 5 rings (SSSR count). The number of nitrogens with one attached hydrogen (secondary N) is 1. The van der Waals surface area contributed by atoms with E-state index in [1.807, 2.05) is 0 Å². The SMILES string of the molecule is CC(=O)NC1CCC(c2nnc(SCCCN3CC[C@]4(C[C@@H]4c4ccc(C(F)(F)F)cc4)C3)n2C)CC1.Cl. The Hall–Kier alpha value is -1.78. The number of benzene rings is 1. The van der Waals surface area contributed by atoms with Crippen LogP contribution in [0.5, 0.6) is 0 Å². The number of nitrogens with zero attached hydrogens (tertiary/aromatic N) is 4. The maximum Gasteiger partial charge on any atom is 0.416 e. The Labute approximate surface area is 232 Å². The topological polar surface area (TPSA) is 63.1 Å². The van der Waals surface area contributed by atoms with Gasteiger partial charge in [-0.05, 0) is 87.1 Å². The second kappa shape index (κ2) is 11.8. The normalized spacial score (nSPS) is 27.3. The average Bonchev–Trinajstić information content (AvgIpc) is 3.20. The molecule has 2 saturated carbocycles. The van der Waals surface area contributed by atoms with E-state index < -0.39 is 11.7 Å². The van der Waals surface area contributed by atoms with Gasteiger partial charge in [-0.3, -0.25) is 4.79 Å². The third-order valence-electron chi connectivity index (χ3n) is 8.51. The summed E-state index contributed by atoms with van der Waals surface area (Å²) in [4.78, 5) is 13.8. The fourth-order valence-electron chi connectivity index (χ4n) is 6.39. The molecule has 210 valence electrons. The van der Waals surface area contributed by atoms with Gasteiger partial charge in [0.15, 0.2) is 5.16 Å². The van der Waals surface area contributed by atoms with Crippen LogP contribution < -0.4 is 5.32 Å². The van der Waals surface area contributed by atoms with Gasteiger partial charge in [0.1, 0.15) is 5.82 Å². The Balaban J connectivity index is 0.00000336. The van der Waals surface area contributed by atoms with Crippen molar-refractivity contribution < 1.29 is 18.0 Å². The molecular formula is C27H37ClF3N5OS. The quantitative estimate of drug-likeness (QED) is 0.321. The predicted octanol–water partition coefficient (Wildman–Crippen LogP) is 5.78. The van der Waals surface area contributed by atoms with Crippen LogP contribution in [0.25, 0.3) is 0 Å². The van der Waals surface area contributed by atoms with Crippen molar-refractivity contribution in [2.75, 3.05) is 25.4 Å². The monoisotopic (exact) mass is 571 g/mol. The highest BCUT2D eigenvalue weighted by Crippen LogP contribution is 2.64. The molecule has 2 aliphatic carbocycles. The number of rotatable bonds is 8. The predicted molar refractivity (Wildman–Crippen MR) is 145 cm³/mol. The fourth-order valence-corrected chi connectivity index (χ4v) is 7.23. The number of halogens is 4. The van der Waals surface area contributed by atoms with Crippen molar-refractivity contribution in [1.29, 1.82) is 0 Å². The summed E-state index contributed by atoms with van der Waals surface area (Å²) in [5.41, 5.74) is 0.734. The van der Waals surface area contributed by atoms with E-state index in [1.165, 1.54) is 12.1 Å². The van der Waals surface area contributed by atoms with Crippen LogP contribution in [-0.2, 0) is 18.0 Å². The van der Waals surface area contributed by atoms with E-state index in [2.05, 4.69) is 32.0 Å². The summed E-state index contributed by atoms with van der Waals surface area (Å²) in [5, 5.41) is 12.9. The molecule has 0 unspecified atom stereocenters. The molecule has 3 fully saturated rings. The molecule has 1 aromatic heterocycles. The van der Waals surface area contributed by atoms with Crippen LogP contribution in [0.1, 0.15) is 80.7 Å². The van der Waals surface area contributed by atoms with Crippen LogP contribution in [0.2, 0.25) is 0 Å². The largest absolute Gasteiger partial charge is 0.416 e. The zero-order valence-electron chi connectivity index (χ0n) is 22.0. The maximum absolute atomic E-state index is 12.9. The van der Waals surface area contributed by atoms with Crippen molar-refractivity contribution >= 4 is 30.1 Å². The standard InChI is InChI=1S/C27H36F3N5OS.ClH/c1-18(36)31-22-10-6-20(7-11-22)24-32-33-25(34(24)2)37-15-3-13-35-14-12-26(17-35)16-23(26)19-4-8-21(9-5-19)27(28,29)30;/h4-5,8-9,20,22-23H,3,6-7,10-17H2,1-2H3,(H,31,36);1H/t20?,22?,23-,26+;/m1./s1. The van der Waals surface area contributed by atoms with Gasteiger partial charge in [0, 0.05) is 38.2 Å². The molecule has 38 heavy (non-hydrogen) atoms. The molecule has 6 nitrogen and oxygen atoms in total. The minimum absolute atomic E-state index is 0. The van der Waals surface area contributed by atoms with Crippen molar-refractivity contribution in [3.05, 3.63) is 41.2 Å². The molecule has 0 radical (unpaired) electrons. The number of aromatic nitrogens is 3. The van der Waals surface area contributed by atoms with Gasteiger partial charge in [0.2, 0.25) is 5.91 Å². The molecule has 2 aromatic rings. The smallest absolute Gasteiger partial charge is 0.354 e. The van der Waals surface area contributed by atoms with Crippen LogP contribution in [0.15, 0.2) is 29.4 Å². The van der Waals surface area contributed by atoms with Crippen LogP contribution in [0.3, 0.4) is 0 Å². The summed E-state index contributed by atoms with van der Waals surface area (Å²) in [5.74, 6) is 2.86. The second-order valence-corrected chi connectivity index (χ2v) is 12.2. The highest BCUT2D eigenvalue weighted by molar-refractivity contribution is 7.99. The highest BCUT2D eigenvalue weighted by Gasteiger charge is 2.57.